The van der Waals surface area contributed by atoms with E-state index >= 15 is 0 Å². The fourth-order valence-electron chi connectivity index (χ4n) is 4.23. The number of benzene rings is 2. The summed E-state index contributed by atoms with van der Waals surface area (Å²) in [7, 11) is 3.47. The SMILES string of the molecule is CCCOc1ccc(C(=O)N[C@@H](CC)C(O)c2ccc(-c3cn(C)c([C@@H](CC)NC(=O)NC)n3)cc2)cc1Cl. The average Bonchev–Trinajstić information content (AvgIpc) is 3.34. The smallest absolute Gasteiger partial charge is 0.315 e. The minimum atomic E-state index is -0.906. The fraction of sp³-hybridized carbons (Fsp3) is 0.414. The van der Waals surface area contributed by atoms with Gasteiger partial charge in [-0.2, -0.15) is 0 Å². The molecule has 3 rings (SSSR count). The monoisotopic (exact) mass is 555 g/mol. The Balaban J connectivity index is 1.71. The molecule has 3 amide bonds. The molecule has 0 spiro atoms. The van der Waals surface area contributed by atoms with Crippen LogP contribution in [0.1, 0.15) is 73.9 Å². The third-order valence-electron chi connectivity index (χ3n) is 6.51. The van der Waals surface area contributed by atoms with Gasteiger partial charge in [0.25, 0.3) is 5.91 Å². The number of aliphatic hydroxyl groups is 1. The Kier molecular flexibility index (Phi) is 10.8. The maximum Gasteiger partial charge on any atom is 0.315 e. The van der Waals surface area contributed by atoms with Crippen molar-refractivity contribution in [2.45, 2.75) is 58.2 Å². The molecule has 4 N–H and O–H groups in total. The highest BCUT2D eigenvalue weighted by atomic mass is 35.5. The van der Waals surface area contributed by atoms with Gasteiger partial charge in [0.1, 0.15) is 11.6 Å². The number of aryl methyl sites for hydroxylation is 1. The Labute approximate surface area is 234 Å². The number of halogens is 1. The van der Waals surface area contributed by atoms with Gasteiger partial charge in [-0.15, -0.1) is 0 Å². The number of carbonyl (C=O) groups excluding carboxylic acids is 2. The minimum absolute atomic E-state index is 0.228. The molecule has 1 unspecified atom stereocenters. The van der Waals surface area contributed by atoms with Gasteiger partial charge in [0.05, 0.1) is 35.5 Å². The molecule has 10 heteroatoms. The van der Waals surface area contributed by atoms with Gasteiger partial charge in [-0.3, -0.25) is 4.79 Å². The first-order valence-corrected chi connectivity index (χ1v) is 13.6. The van der Waals surface area contributed by atoms with Crippen molar-refractivity contribution in [3.05, 3.63) is 70.6 Å². The van der Waals surface area contributed by atoms with Crippen LogP contribution < -0.4 is 20.7 Å². The van der Waals surface area contributed by atoms with Crippen LogP contribution in [0.15, 0.2) is 48.7 Å². The number of aliphatic hydroxyl groups excluding tert-OH is 1. The summed E-state index contributed by atoms with van der Waals surface area (Å²) in [5.41, 5.74) is 2.71. The quantitative estimate of drug-likeness (QED) is 0.246. The number of ether oxygens (including phenoxy) is 1. The van der Waals surface area contributed by atoms with Crippen LogP contribution >= 0.6 is 11.6 Å². The first-order valence-electron chi connectivity index (χ1n) is 13.2. The molecule has 0 saturated carbocycles. The Morgan fingerprint density at radius 3 is 2.38 bits per heavy atom. The van der Waals surface area contributed by atoms with Gasteiger partial charge >= 0.3 is 6.03 Å². The Morgan fingerprint density at radius 1 is 1.08 bits per heavy atom. The fourth-order valence-corrected chi connectivity index (χ4v) is 4.47. The summed E-state index contributed by atoms with van der Waals surface area (Å²) in [6, 6.07) is 11.4. The molecule has 9 nitrogen and oxygen atoms in total. The van der Waals surface area contributed by atoms with Crippen LogP contribution in [0, 0.1) is 0 Å². The third kappa shape index (κ3) is 7.52. The lowest BCUT2D eigenvalue weighted by atomic mass is 9.98. The lowest BCUT2D eigenvalue weighted by Crippen LogP contribution is -2.38. The molecular formula is C29H38ClN5O4. The number of amides is 3. The van der Waals surface area contributed by atoms with Crippen molar-refractivity contribution >= 4 is 23.5 Å². The van der Waals surface area contributed by atoms with Crippen molar-refractivity contribution < 1.29 is 19.4 Å². The van der Waals surface area contributed by atoms with E-state index in [-0.39, 0.29) is 18.0 Å². The Bertz CT molecular complexity index is 1260. The maximum atomic E-state index is 12.9. The summed E-state index contributed by atoms with van der Waals surface area (Å²) in [5, 5.41) is 19.8. The number of hydrogen-bond donors (Lipinski definition) is 4. The van der Waals surface area contributed by atoms with E-state index < -0.39 is 12.1 Å². The molecule has 210 valence electrons. The largest absolute Gasteiger partial charge is 0.492 e. The van der Waals surface area contributed by atoms with Gasteiger partial charge in [0.2, 0.25) is 0 Å². The number of imidazole rings is 1. The van der Waals surface area contributed by atoms with Crippen LogP contribution in [0.3, 0.4) is 0 Å². The van der Waals surface area contributed by atoms with Crippen molar-refractivity contribution in [2.24, 2.45) is 7.05 Å². The van der Waals surface area contributed by atoms with Gasteiger partial charge < -0.3 is 30.4 Å². The topological polar surface area (TPSA) is 118 Å². The van der Waals surface area contributed by atoms with Gasteiger partial charge in [-0.05, 0) is 43.0 Å². The highest BCUT2D eigenvalue weighted by molar-refractivity contribution is 6.32. The number of carbonyl (C=O) groups is 2. The highest BCUT2D eigenvalue weighted by Gasteiger charge is 2.23. The number of aromatic nitrogens is 2. The van der Waals surface area contributed by atoms with Crippen molar-refractivity contribution in [3.8, 4) is 17.0 Å². The van der Waals surface area contributed by atoms with Gasteiger partial charge in [-0.1, -0.05) is 56.6 Å². The van der Waals surface area contributed by atoms with Crippen LogP contribution in [-0.4, -0.2) is 46.3 Å². The third-order valence-corrected chi connectivity index (χ3v) is 6.80. The van der Waals surface area contributed by atoms with E-state index in [9.17, 15) is 14.7 Å². The minimum Gasteiger partial charge on any atom is -0.492 e. The number of urea groups is 1. The second-order valence-corrected chi connectivity index (χ2v) is 9.74. The van der Waals surface area contributed by atoms with Crippen molar-refractivity contribution in [1.82, 2.24) is 25.5 Å². The molecule has 1 aromatic heterocycles. The summed E-state index contributed by atoms with van der Waals surface area (Å²) in [6.45, 7) is 6.44. The molecule has 0 aliphatic rings. The molecule has 0 aliphatic carbocycles. The summed E-state index contributed by atoms with van der Waals surface area (Å²) in [6.07, 6.45) is 3.08. The Morgan fingerprint density at radius 2 is 1.79 bits per heavy atom. The van der Waals surface area contributed by atoms with E-state index in [2.05, 4.69) is 16.0 Å². The van der Waals surface area contributed by atoms with Gasteiger partial charge in [0, 0.05) is 31.4 Å². The highest BCUT2D eigenvalue weighted by Crippen LogP contribution is 2.28. The molecule has 39 heavy (non-hydrogen) atoms. The molecule has 3 aromatic rings. The van der Waals surface area contributed by atoms with E-state index in [4.69, 9.17) is 21.3 Å². The molecule has 1 heterocycles. The molecule has 0 fully saturated rings. The predicted molar refractivity (Wildman–Crippen MR) is 153 cm³/mol. The average molecular weight is 556 g/mol. The summed E-state index contributed by atoms with van der Waals surface area (Å²) >= 11 is 6.29. The molecular weight excluding hydrogens is 518 g/mol. The van der Waals surface area contributed by atoms with Crippen LogP contribution in [0.4, 0.5) is 4.79 Å². The van der Waals surface area contributed by atoms with Crippen LogP contribution in [-0.2, 0) is 7.05 Å². The normalized spacial score (nSPS) is 13.3. The molecule has 0 aliphatic heterocycles. The summed E-state index contributed by atoms with van der Waals surface area (Å²) < 4.78 is 7.48. The van der Waals surface area contributed by atoms with E-state index in [1.165, 1.54) is 0 Å². The van der Waals surface area contributed by atoms with Crippen molar-refractivity contribution in [3.63, 3.8) is 0 Å². The summed E-state index contributed by atoms with van der Waals surface area (Å²) in [5.74, 6) is 0.965. The molecule has 0 saturated heterocycles. The summed E-state index contributed by atoms with van der Waals surface area (Å²) in [4.78, 5) is 29.5. The zero-order chi connectivity index (χ0) is 28.5. The number of nitrogens with zero attached hydrogens (tertiary/aromatic N) is 2. The second kappa shape index (κ2) is 14.0. The predicted octanol–water partition coefficient (Wildman–Crippen LogP) is 5.15. The lowest BCUT2D eigenvalue weighted by Gasteiger charge is -2.23. The first-order chi connectivity index (χ1) is 18.7. The number of nitrogens with one attached hydrogen (secondary N) is 3. The number of rotatable bonds is 12. The van der Waals surface area contributed by atoms with E-state index in [0.717, 1.165) is 23.5 Å². The molecule has 2 aromatic carbocycles. The molecule has 0 radical (unpaired) electrons. The zero-order valence-electron chi connectivity index (χ0n) is 23.1. The van der Waals surface area contributed by atoms with Crippen LogP contribution in [0.25, 0.3) is 11.3 Å². The van der Waals surface area contributed by atoms with E-state index in [0.29, 0.717) is 41.3 Å². The van der Waals surface area contributed by atoms with Gasteiger partial charge in [-0.25, -0.2) is 9.78 Å². The number of hydrogen-bond acceptors (Lipinski definition) is 5. The van der Waals surface area contributed by atoms with Gasteiger partial charge in [0.15, 0.2) is 0 Å². The zero-order valence-corrected chi connectivity index (χ0v) is 23.9. The lowest BCUT2D eigenvalue weighted by molar-refractivity contribution is 0.0827. The van der Waals surface area contributed by atoms with Crippen molar-refractivity contribution in [2.75, 3.05) is 13.7 Å². The van der Waals surface area contributed by atoms with Crippen LogP contribution in [0.5, 0.6) is 5.75 Å². The first kappa shape index (κ1) is 30.0. The van der Waals surface area contributed by atoms with Crippen LogP contribution in [0.2, 0.25) is 5.02 Å². The second-order valence-electron chi connectivity index (χ2n) is 9.33. The standard InChI is InChI=1S/C29H38ClN5O4/c1-6-15-39-25-14-13-20(16-21(25)30)28(37)33-22(7-2)26(36)19-11-9-18(10-12-19)24-17-35(5)27(32-24)23(8-3)34-29(38)31-4/h9-14,16-17,22-23,26,36H,6-8,15H2,1-5H3,(H,33,37)(H2,31,34,38)/t22-,23+,26?/m0/s1. The molecule has 0 bridgehead atoms. The molecule has 3 atom stereocenters. The van der Waals surface area contributed by atoms with E-state index in [1.54, 1.807) is 25.2 Å². The van der Waals surface area contributed by atoms with Crippen molar-refractivity contribution in [1.29, 1.82) is 0 Å². The maximum absolute atomic E-state index is 12.9. The van der Waals surface area contributed by atoms with E-state index in [1.807, 2.05) is 62.8 Å². The Hall–Kier alpha value is -3.56.